The third-order valence-electron chi connectivity index (χ3n) is 3.62. The predicted octanol–water partition coefficient (Wildman–Crippen LogP) is 3.78. The van der Waals surface area contributed by atoms with Gasteiger partial charge in [-0.2, -0.15) is 0 Å². The second-order valence-corrected chi connectivity index (χ2v) is 6.25. The van der Waals surface area contributed by atoms with Gasteiger partial charge >= 0.3 is 5.97 Å². The molecule has 0 amide bonds. The Labute approximate surface area is 143 Å². The molecule has 0 aromatic heterocycles. The zero-order valence-electron chi connectivity index (χ0n) is 14.3. The van der Waals surface area contributed by atoms with Crippen LogP contribution in [0, 0.1) is 0 Å². The molecule has 0 N–H and O–H groups in total. The minimum atomic E-state index is -0.377. The van der Waals surface area contributed by atoms with Gasteiger partial charge in [0.2, 0.25) is 0 Å². The third kappa shape index (κ3) is 5.89. The van der Waals surface area contributed by atoms with Crippen LogP contribution in [0.3, 0.4) is 0 Å². The van der Waals surface area contributed by atoms with Crippen LogP contribution in [-0.2, 0) is 16.1 Å². The number of nitrogens with zero attached hydrogens (tertiary/aromatic N) is 1. The van der Waals surface area contributed by atoms with Crippen LogP contribution in [0.1, 0.15) is 5.56 Å². The Bertz CT molecular complexity index is 663. The van der Waals surface area contributed by atoms with Gasteiger partial charge in [0.05, 0.1) is 14.1 Å². The standard InChI is InChI=1S/C20H24NO3/c1-4-20(22)23-15-14-21(2,3)16-17-10-12-19(13-11-17)24-18-8-6-5-7-9-18/h4-13H,1,14-16H2,2-3H3/q+1. The number of para-hydroxylation sites is 1. The maximum Gasteiger partial charge on any atom is 0.330 e. The molecule has 24 heavy (non-hydrogen) atoms. The minimum absolute atomic E-state index is 0.377. The van der Waals surface area contributed by atoms with Gasteiger partial charge in [-0.05, 0) is 36.4 Å². The van der Waals surface area contributed by atoms with E-state index in [-0.39, 0.29) is 5.97 Å². The summed E-state index contributed by atoms with van der Waals surface area (Å²) in [4.78, 5) is 11.1. The van der Waals surface area contributed by atoms with Crippen LogP contribution in [0.2, 0.25) is 0 Å². The van der Waals surface area contributed by atoms with E-state index in [0.717, 1.165) is 29.1 Å². The van der Waals surface area contributed by atoms with Crippen molar-refractivity contribution in [3.63, 3.8) is 0 Å². The first-order chi connectivity index (χ1) is 11.5. The molecule has 0 fully saturated rings. The highest BCUT2D eigenvalue weighted by Gasteiger charge is 2.16. The molecule has 0 unspecified atom stereocenters. The molecule has 0 radical (unpaired) electrons. The van der Waals surface area contributed by atoms with E-state index in [2.05, 4.69) is 32.8 Å². The Kier molecular flexibility index (Phi) is 6.15. The summed E-state index contributed by atoms with van der Waals surface area (Å²) in [7, 11) is 4.21. The van der Waals surface area contributed by atoms with Crippen molar-refractivity contribution in [2.24, 2.45) is 0 Å². The highest BCUT2D eigenvalue weighted by molar-refractivity contribution is 5.81. The molecule has 2 aromatic carbocycles. The van der Waals surface area contributed by atoms with Gasteiger partial charge in [-0.3, -0.25) is 0 Å². The molecule has 0 bridgehead atoms. The number of hydrogen-bond acceptors (Lipinski definition) is 3. The fourth-order valence-corrected chi connectivity index (χ4v) is 2.31. The minimum Gasteiger partial charge on any atom is -0.457 e. The number of ether oxygens (including phenoxy) is 2. The number of likely N-dealkylation sites (N-methyl/N-ethyl adjacent to an activating group) is 1. The molecule has 4 nitrogen and oxygen atoms in total. The molecule has 0 atom stereocenters. The lowest BCUT2D eigenvalue weighted by atomic mass is 10.2. The summed E-state index contributed by atoms with van der Waals surface area (Å²) in [6.45, 7) is 5.35. The largest absolute Gasteiger partial charge is 0.457 e. The lowest BCUT2D eigenvalue weighted by molar-refractivity contribution is -0.903. The molecule has 0 saturated heterocycles. The monoisotopic (exact) mass is 326 g/mol. The summed E-state index contributed by atoms with van der Waals surface area (Å²) in [5, 5.41) is 0. The van der Waals surface area contributed by atoms with E-state index in [1.807, 2.05) is 42.5 Å². The Morgan fingerprint density at radius 2 is 1.67 bits per heavy atom. The number of esters is 1. The van der Waals surface area contributed by atoms with Gasteiger partial charge in [0.15, 0.2) is 0 Å². The fraction of sp³-hybridized carbons (Fsp3) is 0.250. The number of rotatable bonds is 8. The normalized spacial score (nSPS) is 10.9. The molecule has 2 rings (SSSR count). The highest BCUT2D eigenvalue weighted by atomic mass is 16.5. The van der Waals surface area contributed by atoms with E-state index < -0.39 is 0 Å². The molecule has 126 valence electrons. The maximum absolute atomic E-state index is 11.1. The average molecular weight is 326 g/mol. The fourth-order valence-electron chi connectivity index (χ4n) is 2.31. The Morgan fingerprint density at radius 3 is 2.29 bits per heavy atom. The quantitative estimate of drug-likeness (QED) is 0.421. The number of hydrogen-bond donors (Lipinski definition) is 0. The summed E-state index contributed by atoms with van der Waals surface area (Å²) < 4.78 is 11.6. The highest BCUT2D eigenvalue weighted by Crippen LogP contribution is 2.22. The van der Waals surface area contributed by atoms with Crippen LogP contribution in [0.4, 0.5) is 0 Å². The summed E-state index contributed by atoms with van der Waals surface area (Å²) in [5.74, 6) is 1.26. The van der Waals surface area contributed by atoms with Gasteiger partial charge < -0.3 is 14.0 Å². The number of quaternary nitrogens is 1. The first kappa shape index (κ1) is 17.8. The van der Waals surface area contributed by atoms with Gasteiger partial charge in [0, 0.05) is 11.6 Å². The molecule has 0 heterocycles. The van der Waals surface area contributed by atoms with E-state index in [1.165, 1.54) is 11.6 Å². The van der Waals surface area contributed by atoms with E-state index in [9.17, 15) is 4.79 Å². The van der Waals surface area contributed by atoms with Crippen LogP contribution in [0.5, 0.6) is 11.5 Å². The molecule has 0 aliphatic rings. The molecule has 2 aromatic rings. The number of carbonyl (C=O) groups is 1. The van der Waals surface area contributed by atoms with E-state index in [0.29, 0.717) is 6.61 Å². The van der Waals surface area contributed by atoms with E-state index in [1.54, 1.807) is 0 Å². The maximum atomic E-state index is 11.1. The number of carbonyl (C=O) groups excluding carboxylic acids is 1. The first-order valence-corrected chi connectivity index (χ1v) is 7.91. The third-order valence-corrected chi connectivity index (χ3v) is 3.62. The second-order valence-electron chi connectivity index (χ2n) is 6.25. The Morgan fingerprint density at radius 1 is 1.04 bits per heavy atom. The predicted molar refractivity (Wildman–Crippen MR) is 94.8 cm³/mol. The lowest BCUT2D eigenvalue weighted by Crippen LogP contribution is -2.41. The van der Waals surface area contributed by atoms with Crippen molar-refractivity contribution in [1.82, 2.24) is 0 Å². The molecule has 0 saturated carbocycles. The zero-order valence-corrected chi connectivity index (χ0v) is 14.3. The molecule has 4 heteroatoms. The van der Waals surface area contributed by atoms with Gasteiger partial charge in [-0.25, -0.2) is 4.79 Å². The van der Waals surface area contributed by atoms with Gasteiger partial charge in [0.1, 0.15) is 31.2 Å². The van der Waals surface area contributed by atoms with Crippen molar-refractivity contribution in [3.8, 4) is 11.5 Å². The summed E-state index contributed by atoms with van der Waals surface area (Å²) >= 11 is 0. The topological polar surface area (TPSA) is 35.5 Å². The van der Waals surface area contributed by atoms with Gasteiger partial charge in [-0.15, -0.1) is 0 Å². The molecule has 0 aliphatic heterocycles. The summed E-state index contributed by atoms with van der Waals surface area (Å²) in [5.41, 5.74) is 1.20. The second kappa shape index (κ2) is 8.31. The van der Waals surface area contributed by atoms with Gasteiger partial charge in [-0.1, -0.05) is 24.8 Å². The molecular weight excluding hydrogens is 302 g/mol. The van der Waals surface area contributed by atoms with Crippen LogP contribution in [0.25, 0.3) is 0 Å². The van der Waals surface area contributed by atoms with Gasteiger partial charge in [0.25, 0.3) is 0 Å². The molecule has 0 spiro atoms. The first-order valence-electron chi connectivity index (χ1n) is 7.91. The Balaban J connectivity index is 1.88. The van der Waals surface area contributed by atoms with E-state index in [4.69, 9.17) is 9.47 Å². The SMILES string of the molecule is C=CC(=O)OCC[N+](C)(C)Cc1ccc(Oc2ccccc2)cc1. The molecule has 0 aliphatic carbocycles. The van der Waals surface area contributed by atoms with Crippen LogP contribution >= 0.6 is 0 Å². The van der Waals surface area contributed by atoms with Crippen molar-refractivity contribution in [3.05, 3.63) is 72.8 Å². The van der Waals surface area contributed by atoms with Crippen molar-refractivity contribution < 1.29 is 18.8 Å². The lowest BCUT2D eigenvalue weighted by Gasteiger charge is -2.29. The summed E-state index contributed by atoms with van der Waals surface area (Å²) in [6, 6.07) is 17.8. The van der Waals surface area contributed by atoms with Crippen LogP contribution < -0.4 is 4.74 Å². The molecular formula is C20H24NO3+. The van der Waals surface area contributed by atoms with Crippen molar-refractivity contribution in [1.29, 1.82) is 0 Å². The summed E-state index contributed by atoms with van der Waals surface area (Å²) in [6.07, 6.45) is 1.19. The van der Waals surface area contributed by atoms with E-state index >= 15 is 0 Å². The van der Waals surface area contributed by atoms with Crippen LogP contribution in [-0.4, -0.2) is 37.7 Å². The van der Waals surface area contributed by atoms with Crippen molar-refractivity contribution in [2.45, 2.75) is 6.54 Å². The zero-order chi connectivity index (χ0) is 17.4. The Hall–Kier alpha value is -2.59. The van der Waals surface area contributed by atoms with Crippen molar-refractivity contribution >= 4 is 5.97 Å². The smallest absolute Gasteiger partial charge is 0.330 e. The van der Waals surface area contributed by atoms with Crippen molar-refractivity contribution in [2.75, 3.05) is 27.2 Å². The number of benzene rings is 2. The van der Waals surface area contributed by atoms with Crippen LogP contribution in [0.15, 0.2) is 67.3 Å². The average Bonchev–Trinajstić information content (AvgIpc) is 2.57.